The molecule has 1 aromatic heterocycles. The first-order valence-electron chi connectivity index (χ1n) is 6.87. The van der Waals surface area contributed by atoms with Crippen molar-refractivity contribution in [3.63, 3.8) is 0 Å². The molecule has 0 bridgehead atoms. The van der Waals surface area contributed by atoms with Crippen LogP contribution in [0.4, 0.5) is 10.2 Å². The maximum absolute atomic E-state index is 13.6. The fraction of sp³-hybridized carbons (Fsp3) is 0.118. The topological polar surface area (TPSA) is 45.1 Å². The van der Waals surface area contributed by atoms with Crippen LogP contribution in [0.3, 0.4) is 0 Å². The third-order valence-electron chi connectivity index (χ3n) is 3.43. The fourth-order valence-corrected chi connectivity index (χ4v) is 2.57. The first-order valence-corrected chi connectivity index (χ1v) is 7.24. The third kappa shape index (κ3) is 3.03. The summed E-state index contributed by atoms with van der Waals surface area (Å²) in [6, 6.07) is 15.6. The molecular formula is C17H14ClFN2O. The number of benzene rings is 2. The summed E-state index contributed by atoms with van der Waals surface area (Å²) in [5.41, 5.74) is 0.252. The Balaban J connectivity index is 1.78. The largest absolute Gasteiger partial charge is 0.386 e. The van der Waals surface area contributed by atoms with Gasteiger partial charge in [-0.05, 0) is 17.5 Å². The Morgan fingerprint density at radius 1 is 1.14 bits per heavy atom. The molecule has 112 valence electrons. The standard InChI is InChI=1S/C17H14ClFN2O/c18-17-12-6-2-1-5-11(12)9-16(21-17)20-10-15(22)13-7-3-4-8-14(13)19/h1-9,15,22H,10H2,(H,20,21). The van der Waals surface area contributed by atoms with Crippen molar-refractivity contribution in [2.45, 2.75) is 6.10 Å². The van der Waals surface area contributed by atoms with Crippen LogP contribution in [-0.2, 0) is 0 Å². The molecule has 0 saturated heterocycles. The Morgan fingerprint density at radius 3 is 2.68 bits per heavy atom. The molecule has 3 nitrogen and oxygen atoms in total. The molecule has 3 rings (SSSR count). The maximum atomic E-state index is 13.6. The molecule has 0 aliphatic heterocycles. The molecule has 1 heterocycles. The summed E-state index contributed by atoms with van der Waals surface area (Å²) in [6.45, 7) is 0.141. The van der Waals surface area contributed by atoms with E-state index in [1.807, 2.05) is 30.3 Å². The van der Waals surface area contributed by atoms with Crippen molar-refractivity contribution in [3.05, 3.63) is 71.1 Å². The van der Waals surface area contributed by atoms with Crippen LogP contribution in [0.2, 0.25) is 5.15 Å². The minimum atomic E-state index is -0.965. The lowest BCUT2D eigenvalue weighted by molar-refractivity contribution is 0.186. The van der Waals surface area contributed by atoms with Gasteiger partial charge < -0.3 is 10.4 Å². The Labute approximate surface area is 132 Å². The van der Waals surface area contributed by atoms with E-state index >= 15 is 0 Å². The second-order valence-electron chi connectivity index (χ2n) is 4.94. The van der Waals surface area contributed by atoms with Crippen LogP contribution in [0.15, 0.2) is 54.6 Å². The van der Waals surface area contributed by atoms with Gasteiger partial charge in [-0.25, -0.2) is 9.37 Å². The Bertz CT molecular complexity index is 810. The van der Waals surface area contributed by atoms with E-state index in [2.05, 4.69) is 10.3 Å². The van der Waals surface area contributed by atoms with Gasteiger partial charge in [0.25, 0.3) is 0 Å². The highest BCUT2D eigenvalue weighted by atomic mass is 35.5. The van der Waals surface area contributed by atoms with E-state index < -0.39 is 11.9 Å². The number of aliphatic hydroxyl groups is 1. The van der Waals surface area contributed by atoms with Crippen LogP contribution in [-0.4, -0.2) is 16.6 Å². The number of pyridine rings is 1. The zero-order valence-electron chi connectivity index (χ0n) is 11.6. The highest BCUT2D eigenvalue weighted by Gasteiger charge is 2.12. The first-order chi connectivity index (χ1) is 10.6. The number of halogens is 2. The van der Waals surface area contributed by atoms with E-state index in [4.69, 9.17) is 11.6 Å². The molecule has 2 N–H and O–H groups in total. The molecule has 0 saturated carbocycles. The lowest BCUT2D eigenvalue weighted by Crippen LogP contribution is -2.14. The van der Waals surface area contributed by atoms with E-state index in [0.29, 0.717) is 11.0 Å². The van der Waals surface area contributed by atoms with Gasteiger partial charge in [0, 0.05) is 17.5 Å². The molecule has 0 aliphatic rings. The minimum Gasteiger partial charge on any atom is -0.386 e. The number of hydrogen-bond acceptors (Lipinski definition) is 3. The van der Waals surface area contributed by atoms with E-state index in [0.717, 1.165) is 10.8 Å². The summed E-state index contributed by atoms with van der Waals surface area (Å²) in [4.78, 5) is 4.24. The van der Waals surface area contributed by atoms with Crippen molar-refractivity contribution in [3.8, 4) is 0 Å². The van der Waals surface area contributed by atoms with Crippen molar-refractivity contribution in [1.82, 2.24) is 4.98 Å². The zero-order valence-corrected chi connectivity index (χ0v) is 12.4. The second kappa shape index (κ2) is 6.30. The summed E-state index contributed by atoms with van der Waals surface area (Å²) in [5.74, 6) is 0.111. The fourth-order valence-electron chi connectivity index (χ4n) is 2.30. The first kappa shape index (κ1) is 14.8. The highest BCUT2D eigenvalue weighted by Crippen LogP contribution is 2.25. The molecule has 0 aliphatic carbocycles. The number of anilines is 1. The van der Waals surface area contributed by atoms with Crippen molar-refractivity contribution in [1.29, 1.82) is 0 Å². The minimum absolute atomic E-state index is 0.141. The molecule has 2 aromatic carbocycles. The molecule has 3 aromatic rings. The zero-order chi connectivity index (χ0) is 15.5. The van der Waals surface area contributed by atoms with E-state index in [-0.39, 0.29) is 12.1 Å². The molecule has 1 atom stereocenters. The number of rotatable bonds is 4. The summed E-state index contributed by atoms with van der Waals surface area (Å²) < 4.78 is 13.6. The molecular weight excluding hydrogens is 303 g/mol. The molecule has 0 amide bonds. The van der Waals surface area contributed by atoms with Gasteiger partial charge in [0.15, 0.2) is 0 Å². The van der Waals surface area contributed by atoms with Gasteiger partial charge in [0.05, 0.1) is 6.10 Å². The lowest BCUT2D eigenvalue weighted by Gasteiger charge is -2.14. The smallest absolute Gasteiger partial charge is 0.139 e. The third-order valence-corrected chi connectivity index (χ3v) is 3.72. The maximum Gasteiger partial charge on any atom is 0.139 e. The molecule has 0 fully saturated rings. The van der Waals surface area contributed by atoms with Crippen LogP contribution < -0.4 is 5.32 Å². The van der Waals surface area contributed by atoms with Crippen LogP contribution in [0.25, 0.3) is 10.8 Å². The van der Waals surface area contributed by atoms with Gasteiger partial charge in [0.2, 0.25) is 0 Å². The van der Waals surface area contributed by atoms with E-state index in [1.165, 1.54) is 6.07 Å². The number of hydrogen-bond donors (Lipinski definition) is 2. The summed E-state index contributed by atoms with van der Waals surface area (Å²) in [6.07, 6.45) is -0.965. The summed E-state index contributed by atoms with van der Waals surface area (Å²) in [7, 11) is 0. The van der Waals surface area contributed by atoms with Gasteiger partial charge in [-0.3, -0.25) is 0 Å². The molecule has 0 radical (unpaired) electrons. The van der Waals surface area contributed by atoms with Gasteiger partial charge in [-0.2, -0.15) is 0 Å². The normalized spacial score (nSPS) is 12.3. The number of nitrogens with zero attached hydrogens (tertiary/aromatic N) is 1. The molecule has 1 unspecified atom stereocenters. The quantitative estimate of drug-likeness (QED) is 0.710. The number of aliphatic hydroxyl groups excluding tert-OH is 1. The molecule has 0 spiro atoms. The monoisotopic (exact) mass is 316 g/mol. The number of aromatic nitrogens is 1. The van der Waals surface area contributed by atoms with E-state index in [9.17, 15) is 9.50 Å². The van der Waals surface area contributed by atoms with Gasteiger partial charge in [0.1, 0.15) is 16.8 Å². The van der Waals surface area contributed by atoms with Crippen molar-refractivity contribution in [2.24, 2.45) is 0 Å². The van der Waals surface area contributed by atoms with Crippen LogP contribution >= 0.6 is 11.6 Å². The van der Waals surface area contributed by atoms with E-state index in [1.54, 1.807) is 18.2 Å². The predicted molar refractivity (Wildman–Crippen MR) is 86.6 cm³/mol. The van der Waals surface area contributed by atoms with Crippen molar-refractivity contribution < 1.29 is 9.50 Å². The average Bonchev–Trinajstić information content (AvgIpc) is 2.53. The summed E-state index contributed by atoms with van der Waals surface area (Å²) >= 11 is 6.15. The molecule has 5 heteroatoms. The van der Waals surface area contributed by atoms with Gasteiger partial charge in [-0.1, -0.05) is 54.1 Å². The lowest BCUT2D eigenvalue weighted by atomic mass is 10.1. The summed E-state index contributed by atoms with van der Waals surface area (Å²) in [5, 5.41) is 15.3. The van der Waals surface area contributed by atoms with Crippen LogP contribution in [0, 0.1) is 5.82 Å². The second-order valence-corrected chi connectivity index (χ2v) is 5.30. The SMILES string of the molecule is OC(CNc1cc2ccccc2c(Cl)n1)c1ccccc1F. The van der Waals surface area contributed by atoms with Crippen molar-refractivity contribution >= 4 is 28.2 Å². The number of fused-ring (bicyclic) bond motifs is 1. The van der Waals surface area contributed by atoms with Crippen LogP contribution in [0.1, 0.15) is 11.7 Å². The predicted octanol–water partition coefficient (Wildman–Crippen LogP) is 4.17. The van der Waals surface area contributed by atoms with Crippen molar-refractivity contribution in [2.75, 3.05) is 11.9 Å². The van der Waals surface area contributed by atoms with Gasteiger partial charge in [-0.15, -0.1) is 0 Å². The Kier molecular flexibility index (Phi) is 4.22. The Hall–Kier alpha value is -2.17. The highest BCUT2D eigenvalue weighted by molar-refractivity contribution is 6.34. The number of nitrogens with one attached hydrogen (secondary N) is 1. The Morgan fingerprint density at radius 2 is 1.86 bits per heavy atom. The van der Waals surface area contributed by atoms with Crippen LogP contribution in [0.5, 0.6) is 0 Å². The molecule has 22 heavy (non-hydrogen) atoms. The average molecular weight is 317 g/mol. The van der Waals surface area contributed by atoms with Gasteiger partial charge >= 0.3 is 0 Å².